The Morgan fingerprint density at radius 3 is 2.32 bits per heavy atom. The minimum atomic E-state index is -3.63. The van der Waals surface area contributed by atoms with Gasteiger partial charge in [-0.05, 0) is 73.0 Å². The fourth-order valence-corrected chi connectivity index (χ4v) is 4.55. The quantitative estimate of drug-likeness (QED) is 0.384. The summed E-state index contributed by atoms with van der Waals surface area (Å²) in [6, 6.07) is 17.2. The van der Waals surface area contributed by atoms with Crippen LogP contribution in [0.2, 0.25) is 10.0 Å². The van der Waals surface area contributed by atoms with Gasteiger partial charge < -0.3 is 10.1 Å². The molecule has 6 nitrogen and oxygen atoms in total. The van der Waals surface area contributed by atoms with E-state index in [9.17, 15) is 13.2 Å². The Kier molecular flexibility index (Phi) is 8.47. The topological polar surface area (TPSA) is 75.7 Å². The second-order valence-electron chi connectivity index (χ2n) is 7.91. The third kappa shape index (κ3) is 6.88. The number of rotatable bonds is 9. The standard InChI is InChI=1S/C25H26Cl2N2O4S/c1-17-4-10-22(14-18(17)2)33-13-12-28-25(30)20-7-5-19(6-8-20)16-29(34(3,31)32)24-15-21(26)9-11-23(24)27/h4-11,14-15H,12-13,16H2,1-3H3,(H,28,30). The molecule has 3 rings (SSSR count). The Bertz CT molecular complexity index is 1280. The number of carbonyl (C=O) groups excluding carboxylic acids is 1. The number of anilines is 1. The molecule has 0 aliphatic heterocycles. The number of aryl methyl sites for hydroxylation is 2. The highest BCUT2D eigenvalue weighted by atomic mass is 35.5. The first-order chi connectivity index (χ1) is 16.0. The van der Waals surface area contributed by atoms with Crippen molar-refractivity contribution in [2.75, 3.05) is 23.7 Å². The van der Waals surface area contributed by atoms with Crippen LogP contribution in [0.4, 0.5) is 5.69 Å². The van der Waals surface area contributed by atoms with E-state index in [0.717, 1.165) is 17.6 Å². The molecule has 0 aromatic heterocycles. The first kappa shape index (κ1) is 25.9. The highest BCUT2D eigenvalue weighted by molar-refractivity contribution is 7.92. The number of hydrogen-bond donors (Lipinski definition) is 1. The molecule has 3 aromatic rings. The summed E-state index contributed by atoms with van der Waals surface area (Å²) >= 11 is 12.3. The summed E-state index contributed by atoms with van der Waals surface area (Å²) in [6.07, 6.45) is 1.10. The second-order valence-corrected chi connectivity index (χ2v) is 10.7. The van der Waals surface area contributed by atoms with E-state index < -0.39 is 10.0 Å². The number of benzene rings is 3. The van der Waals surface area contributed by atoms with Crippen molar-refractivity contribution in [3.8, 4) is 5.75 Å². The summed E-state index contributed by atoms with van der Waals surface area (Å²) in [5, 5.41) is 3.47. The van der Waals surface area contributed by atoms with E-state index >= 15 is 0 Å². The lowest BCUT2D eigenvalue weighted by Gasteiger charge is -2.24. The monoisotopic (exact) mass is 520 g/mol. The van der Waals surface area contributed by atoms with Gasteiger partial charge in [0.25, 0.3) is 5.91 Å². The molecule has 0 bridgehead atoms. The number of carbonyl (C=O) groups is 1. The highest BCUT2D eigenvalue weighted by Gasteiger charge is 2.21. The fraction of sp³-hybridized carbons (Fsp3) is 0.240. The first-order valence-corrected chi connectivity index (χ1v) is 13.1. The molecule has 0 aliphatic rings. The molecule has 0 aliphatic carbocycles. The number of nitrogens with one attached hydrogen (secondary N) is 1. The number of amides is 1. The van der Waals surface area contributed by atoms with E-state index in [4.69, 9.17) is 27.9 Å². The van der Waals surface area contributed by atoms with Crippen LogP contribution < -0.4 is 14.4 Å². The largest absolute Gasteiger partial charge is 0.492 e. The van der Waals surface area contributed by atoms with Crippen LogP contribution in [-0.4, -0.2) is 33.7 Å². The van der Waals surface area contributed by atoms with Crippen molar-refractivity contribution in [1.29, 1.82) is 0 Å². The molecule has 0 unspecified atom stereocenters. The normalized spacial score (nSPS) is 11.2. The van der Waals surface area contributed by atoms with Crippen molar-refractivity contribution in [2.45, 2.75) is 20.4 Å². The Morgan fingerprint density at radius 1 is 0.971 bits per heavy atom. The number of ether oxygens (including phenoxy) is 1. The highest BCUT2D eigenvalue weighted by Crippen LogP contribution is 2.31. The SMILES string of the molecule is Cc1ccc(OCCNC(=O)c2ccc(CN(c3cc(Cl)ccc3Cl)S(C)(=O)=O)cc2)cc1C. The summed E-state index contributed by atoms with van der Waals surface area (Å²) in [6.45, 7) is 4.80. The smallest absolute Gasteiger partial charge is 0.251 e. The van der Waals surface area contributed by atoms with Crippen LogP contribution in [-0.2, 0) is 16.6 Å². The maximum Gasteiger partial charge on any atom is 0.251 e. The Labute approximate surface area is 210 Å². The average molecular weight is 521 g/mol. The van der Waals surface area contributed by atoms with E-state index in [1.165, 1.54) is 15.9 Å². The van der Waals surface area contributed by atoms with Crippen LogP contribution in [0.15, 0.2) is 60.7 Å². The van der Waals surface area contributed by atoms with Gasteiger partial charge in [0.2, 0.25) is 10.0 Å². The van der Waals surface area contributed by atoms with Gasteiger partial charge in [0.05, 0.1) is 30.1 Å². The van der Waals surface area contributed by atoms with Gasteiger partial charge in [0.15, 0.2) is 0 Å². The number of sulfonamides is 1. The Hall–Kier alpha value is -2.74. The summed E-state index contributed by atoms with van der Waals surface area (Å²) in [7, 11) is -3.63. The molecule has 0 spiro atoms. The third-order valence-electron chi connectivity index (χ3n) is 5.25. The van der Waals surface area contributed by atoms with E-state index in [1.54, 1.807) is 36.4 Å². The first-order valence-electron chi connectivity index (χ1n) is 10.5. The molecule has 9 heteroatoms. The average Bonchev–Trinajstić information content (AvgIpc) is 2.78. The minimum Gasteiger partial charge on any atom is -0.492 e. The van der Waals surface area contributed by atoms with Crippen LogP contribution >= 0.6 is 23.2 Å². The van der Waals surface area contributed by atoms with Gasteiger partial charge in [-0.2, -0.15) is 0 Å². The molecule has 0 radical (unpaired) electrons. The van der Waals surface area contributed by atoms with Crippen LogP contribution in [0.1, 0.15) is 27.0 Å². The molecule has 180 valence electrons. The number of hydrogen-bond acceptors (Lipinski definition) is 4. The van der Waals surface area contributed by atoms with Crippen LogP contribution in [0.3, 0.4) is 0 Å². The Morgan fingerprint density at radius 2 is 1.68 bits per heavy atom. The van der Waals surface area contributed by atoms with Gasteiger partial charge in [-0.25, -0.2) is 8.42 Å². The van der Waals surface area contributed by atoms with Crippen molar-refractivity contribution in [1.82, 2.24) is 5.32 Å². The van der Waals surface area contributed by atoms with Gasteiger partial charge in [0, 0.05) is 10.6 Å². The second kappa shape index (κ2) is 11.1. The minimum absolute atomic E-state index is 0.0462. The van der Waals surface area contributed by atoms with Gasteiger partial charge >= 0.3 is 0 Å². The van der Waals surface area contributed by atoms with E-state index in [0.29, 0.717) is 35.0 Å². The molecule has 1 amide bonds. The fourth-order valence-electron chi connectivity index (χ4n) is 3.22. The summed E-state index contributed by atoms with van der Waals surface area (Å²) in [5.41, 5.74) is 3.79. The molecular weight excluding hydrogens is 495 g/mol. The maximum absolute atomic E-state index is 12.4. The van der Waals surface area contributed by atoms with Gasteiger partial charge in [-0.1, -0.05) is 41.4 Å². The molecule has 0 fully saturated rings. The lowest BCUT2D eigenvalue weighted by Crippen LogP contribution is -2.30. The molecule has 0 atom stereocenters. The van der Waals surface area contributed by atoms with Crippen LogP contribution in [0.25, 0.3) is 0 Å². The summed E-state index contributed by atoms with van der Waals surface area (Å²) in [5.74, 6) is 0.519. The number of halogens is 2. The van der Waals surface area contributed by atoms with Crippen molar-refractivity contribution in [2.24, 2.45) is 0 Å². The van der Waals surface area contributed by atoms with E-state index in [1.807, 2.05) is 32.0 Å². The van der Waals surface area contributed by atoms with Crippen molar-refractivity contribution >= 4 is 44.8 Å². The number of nitrogens with zero attached hydrogens (tertiary/aromatic N) is 1. The molecule has 0 heterocycles. The molecule has 0 saturated heterocycles. The van der Waals surface area contributed by atoms with Gasteiger partial charge in [-0.3, -0.25) is 9.10 Å². The van der Waals surface area contributed by atoms with Crippen molar-refractivity contribution in [3.05, 3.63) is 93.0 Å². The van der Waals surface area contributed by atoms with E-state index in [-0.39, 0.29) is 17.5 Å². The van der Waals surface area contributed by atoms with Crippen molar-refractivity contribution in [3.63, 3.8) is 0 Å². The Balaban J connectivity index is 1.60. The van der Waals surface area contributed by atoms with Crippen LogP contribution in [0.5, 0.6) is 5.75 Å². The molecule has 34 heavy (non-hydrogen) atoms. The van der Waals surface area contributed by atoms with Crippen molar-refractivity contribution < 1.29 is 17.9 Å². The third-order valence-corrected chi connectivity index (χ3v) is 6.94. The zero-order valence-corrected chi connectivity index (χ0v) is 21.5. The zero-order chi connectivity index (χ0) is 24.9. The van der Waals surface area contributed by atoms with Gasteiger partial charge in [0.1, 0.15) is 12.4 Å². The molecular formula is C25H26Cl2N2O4S. The van der Waals surface area contributed by atoms with E-state index in [2.05, 4.69) is 5.32 Å². The van der Waals surface area contributed by atoms with Crippen LogP contribution in [0, 0.1) is 13.8 Å². The summed E-state index contributed by atoms with van der Waals surface area (Å²) in [4.78, 5) is 12.4. The lowest BCUT2D eigenvalue weighted by atomic mass is 10.1. The van der Waals surface area contributed by atoms with Gasteiger partial charge in [-0.15, -0.1) is 0 Å². The lowest BCUT2D eigenvalue weighted by molar-refractivity contribution is 0.0947. The molecule has 3 aromatic carbocycles. The zero-order valence-electron chi connectivity index (χ0n) is 19.1. The molecule has 0 saturated carbocycles. The maximum atomic E-state index is 12.4. The predicted octanol–water partition coefficient (Wildman–Crippen LogP) is 5.39. The summed E-state index contributed by atoms with van der Waals surface area (Å²) < 4.78 is 31.7. The molecule has 1 N–H and O–H groups in total. The predicted molar refractivity (Wildman–Crippen MR) is 138 cm³/mol.